The Morgan fingerprint density at radius 1 is 0.339 bits per heavy atom. The summed E-state index contributed by atoms with van der Waals surface area (Å²) in [4.78, 5) is 2.42. The smallest absolute Gasteiger partial charge is 0.160 e. The number of fused-ring (bicyclic) bond motifs is 12. The molecule has 0 unspecified atom stereocenters. The van der Waals surface area contributed by atoms with Crippen LogP contribution < -0.4 is 4.90 Å². The average molecular weight is 792 g/mol. The van der Waals surface area contributed by atoms with Gasteiger partial charge in [0.2, 0.25) is 0 Å². The first kappa shape index (κ1) is 34.5. The van der Waals surface area contributed by atoms with E-state index in [4.69, 9.17) is 4.42 Å². The molecule has 10 aromatic carbocycles. The van der Waals surface area contributed by atoms with Crippen molar-refractivity contribution < 1.29 is 4.42 Å². The Hall–Kier alpha value is -8.34. The van der Waals surface area contributed by atoms with Crippen molar-refractivity contribution in [3.05, 3.63) is 224 Å². The highest BCUT2D eigenvalue weighted by atomic mass is 16.3. The third kappa shape index (κ3) is 5.14. The molecule has 0 atom stereocenters. The third-order valence-corrected chi connectivity index (χ3v) is 12.7. The molecule has 0 aliphatic heterocycles. The number of rotatable bonds is 6. The molecule has 0 amide bonds. The van der Waals surface area contributed by atoms with Crippen molar-refractivity contribution in [3.8, 4) is 22.5 Å². The Morgan fingerprint density at radius 2 is 0.919 bits per heavy atom. The molecule has 0 spiro atoms. The number of anilines is 3. The molecule has 0 aliphatic carbocycles. The number of hydrogen-bond donors (Lipinski definition) is 0. The van der Waals surface area contributed by atoms with E-state index < -0.39 is 0 Å². The van der Waals surface area contributed by atoms with Gasteiger partial charge in [-0.05, 0) is 89.3 Å². The summed E-state index contributed by atoms with van der Waals surface area (Å²) in [5.74, 6) is 0. The largest absolute Gasteiger partial charge is 0.453 e. The quantitative estimate of drug-likeness (QED) is 0.168. The van der Waals surface area contributed by atoms with Crippen molar-refractivity contribution in [3.63, 3.8) is 0 Å². The number of para-hydroxylation sites is 4. The van der Waals surface area contributed by atoms with E-state index in [0.717, 1.165) is 88.5 Å². The van der Waals surface area contributed by atoms with Crippen LogP contribution >= 0.6 is 0 Å². The summed E-state index contributed by atoms with van der Waals surface area (Å²) in [6.45, 7) is 0. The van der Waals surface area contributed by atoms with Crippen molar-refractivity contribution >= 4 is 93.4 Å². The van der Waals surface area contributed by atoms with Gasteiger partial charge in [-0.1, -0.05) is 152 Å². The fourth-order valence-electron chi connectivity index (χ4n) is 9.92. The lowest BCUT2D eigenvalue weighted by Crippen LogP contribution is -2.10. The molecule has 0 bridgehead atoms. The van der Waals surface area contributed by atoms with Gasteiger partial charge in [0.15, 0.2) is 5.58 Å². The van der Waals surface area contributed by atoms with Gasteiger partial charge in [0.25, 0.3) is 0 Å². The summed E-state index contributed by atoms with van der Waals surface area (Å²) in [6, 6.07) is 80.9. The molecule has 13 aromatic rings. The van der Waals surface area contributed by atoms with Crippen LogP contribution in [0.2, 0.25) is 0 Å². The van der Waals surface area contributed by atoms with Crippen molar-refractivity contribution in [2.75, 3.05) is 4.90 Å². The predicted octanol–water partition coefficient (Wildman–Crippen LogP) is 16.1. The van der Waals surface area contributed by atoms with Crippen molar-refractivity contribution in [2.24, 2.45) is 0 Å². The normalized spacial score (nSPS) is 11.9. The zero-order valence-corrected chi connectivity index (χ0v) is 33.6. The molecule has 3 heterocycles. The summed E-state index contributed by atoms with van der Waals surface area (Å²) in [7, 11) is 0. The molecular formula is C58H37N3O. The molecule has 0 radical (unpaired) electrons. The maximum absolute atomic E-state index is 7.27. The summed E-state index contributed by atoms with van der Waals surface area (Å²) in [5.41, 5.74) is 14.0. The molecule has 0 aliphatic rings. The van der Waals surface area contributed by atoms with E-state index in [-0.39, 0.29) is 0 Å². The maximum atomic E-state index is 7.27. The van der Waals surface area contributed by atoms with E-state index in [1.807, 2.05) is 0 Å². The van der Waals surface area contributed by atoms with E-state index in [0.29, 0.717) is 0 Å². The van der Waals surface area contributed by atoms with E-state index in [9.17, 15) is 0 Å². The van der Waals surface area contributed by atoms with Crippen LogP contribution in [-0.2, 0) is 0 Å². The minimum Gasteiger partial charge on any atom is -0.453 e. The first-order chi connectivity index (χ1) is 30.8. The van der Waals surface area contributed by atoms with Gasteiger partial charge in [0, 0.05) is 60.5 Å². The van der Waals surface area contributed by atoms with Crippen LogP contribution in [0.25, 0.3) is 98.8 Å². The lowest BCUT2D eigenvalue weighted by molar-refractivity contribution is 0.675. The molecule has 0 saturated carbocycles. The number of nitrogens with zero attached hydrogens (tertiary/aromatic N) is 3. The number of furan rings is 1. The van der Waals surface area contributed by atoms with Crippen molar-refractivity contribution in [2.45, 2.75) is 0 Å². The average Bonchev–Trinajstić information content (AvgIpc) is 4.01. The molecule has 290 valence electrons. The number of aromatic nitrogens is 2. The zero-order chi connectivity index (χ0) is 40.7. The monoisotopic (exact) mass is 791 g/mol. The highest BCUT2D eigenvalue weighted by Gasteiger charge is 2.27. The molecular weight excluding hydrogens is 755 g/mol. The Bertz CT molecular complexity index is 3840. The molecule has 0 N–H and O–H groups in total. The zero-order valence-electron chi connectivity index (χ0n) is 33.6. The van der Waals surface area contributed by atoms with Crippen LogP contribution in [0.5, 0.6) is 0 Å². The lowest BCUT2D eigenvalue weighted by Gasteiger charge is -2.27. The Labute approximate surface area is 357 Å². The van der Waals surface area contributed by atoms with E-state index in [1.54, 1.807) is 0 Å². The van der Waals surface area contributed by atoms with Gasteiger partial charge < -0.3 is 18.5 Å². The molecule has 3 aromatic heterocycles. The van der Waals surface area contributed by atoms with E-state index >= 15 is 0 Å². The highest BCUT2D eigenvalue weighted by molar-refractivity contribution is 6.28. The summed E-state index contributed by atoms with van der Waals surface area (Å²) in [5, 5.41) is 9.12. The van der Waals surface area contributed by atoms with Gasteiger partial charge in [-0.2, -0.15) is 0 Å². The maximum Gasteiger partial charge on any atom is 0.160 e. The van der Waals surface area contributed by atoms with Gasteiger partial charge in [0.05, 0.1) is 27.8 Å². The summed E-state index contributed by atoms with van der Waals surface area (Å²) < 4.78 is 12.1. The van der Waals surface area contributed by atoms with Crippen LogP contribution in [0.15, 0.2) is 229 Å². The second kappa shape index (κ2) is 13.6. The van der Waals surface area contributed by atoms with Gasteiger partial charge >= 0.3 is 0 Å². The molecule has 0 fully saturated rings. The van der Waals surface area contributed by atoms with Gasteiger partial charge in [0.1, 0.15) is 5.58 Å². The van der Waals surface area contributed by atoms with Crippen molar-refractivity contribution in [1.82, 2.24) is 9.13 Å². The van der Waals surface area contributed by atoms with Crippen molar-refractivity contribution in [1.29, 1.82) is 0 Å². The number of hydrogen-bond acceptors (Lipinski definition) is 2. The summed E-state index contributed by atoms with van der Waals surface area (Å²) >= 11 is 0. The molecule has 4 nitrogen and oxygen atoms in total. The topological polar surface area (TPSA) is 26.2 Å². The second-order valence-corrected chi connectivity index (χ2v) is 16.1. The SMILES string of the molecule is c1ccc(-c2ccc(N(c3ccccc3)c3cc4c5ccc6ccccc6c5oc4c4c3c3ccccc3n4-c3ccc4c5ccccc5n(-c5ccccc5)c4c3)cc2)cc1. The standard InChI is InChI=1S/C58H37N3O/c1-4-16-38(17-5-1)39-28-31-43(32-29-39)59(41-19-6-2-7-20-41)54-37-50-48-34-30-40-18-10-11-23-45(40)57(48)62-58(50)56-55(54)49-25-13-15-27-52(49)61(56)44-33-35-47-46-24-12-14-26-51(46)60(53(47)36-44)42-21-8-3-9-22-42/h1-37H. The van der Waals surface area contributed by atoms with Crippen LogP contribution in [0, 0.1) is 0 Å². The summed E-state index contributed by atoms with van der Waals surface area (Å²) in [6.07, 6.45) is 0. The first-order valence-corrected chi connectivity index (χ1v) is 21.2. The van der Waals surface area contributed by atoms with Gasteiger partial charge in [-0.15, -0.1) is 0 Å². The molecule has 0 saturated heterocycles. The Morgan fingerprint density at radius 3 is 1.69 bits per heavy atom. The molecule has 4 heteroatoms. The van der Waals surface area contributed by atoms with Crippen LogP contribution in [0.3, 0.4) is 0 Å². The van der Waals surface area contributed by atoms with Gasteiger partial charge in [-0.3, -0.25) is 0 Å². The minimum absolute atomic E-state index is 0.863. The lowest BCUT2D eigenvalue weighted by atomic mass is 10.0. The fourth-order valence-corrected chi connectivity index (χ4v) is 9.92. The van der Waals surface area contributed by atoms with E-state index in [1.165, 1.54) is 27.4 Å². The third-order valence-electron chi connectivity index (χ3n) is 12.7. The highest BCUT2D eigenvalue weighted by Crippen LogP contribution is 2.50. The van der Waals surface area contributed by atoms with Gasteiger partial charge in [-0.25, -0.2) is 0 Å². The first-order valence-electron chi connectivity index (χ1n) is 21.2. The number of benzene rings is 10. The van der Waals surface area contributed by atoms with Crippen LogP contribution in [0.1, 0.15) is 0 Å². The van der Waals surface area contributed by atoms with E-state index in [2.05, 4.69) is 238 Å². The molecule has 62 heavy (non-hydrogen) atoms. The minimum atomic E-state index is 0.863. The van der Waals surface area contributed by atoms with Crippen LogP contribution in [-0.4, -0.2) is 9.13 Å². The second-order valence-electron chi connectivity index (χ2n) is 16.1. The fraction of sp³-hybridized carbons (Fsp3) is 0. The van der Waals surface area contributed by atoms with Crippen LogP contribution in [0.4, 0.5) is 17.1 Å². The Kier molecular flexibility index (Phi) is 7.57. The molecule has 13 rings (SSSR count). The Balaban J connectivity index is 1.17. The predicted molar refractivity (Wildman–Crippen MR) is 260 cm³/mol.